The molecule has 1 heterocycles. The smallest absolute Gasteiger partial charge is 0.263 e. The lowest BCUT2D eigenvalue weighted by Gasteiger charge is -2.13. The van der Waals surface area contributed by atoms with E-state index in [4.69, 9.17) is 0 Å². The van der Waals surface area contributed by atoms with Crippen molar-refractivity contribution in [3.05, 3.63) is 46.1 Å². The summed E-state index contributed by atoms with van der Waals surface area (Å²) in [5.74, 6) is 0.187. The van der Waals surface area contributed by atoms with Gasteiger partial charge in [-0.2, -0.15) is 5.10 Å². The van der Waals surface area contributed by atoms with Crippen LogP contribution in [-0.2, 0) is 16.6 Å². The van der Waals surface area contributed by atoms with Gasteiger partial charge in [0.2, 0.25) is 0 Å². The third-order valence-electron chi connectivity index (χ3n) is 2.84. The van der Waals surface area contributed by atoms with Gasteiger partial charge in [0, 0.05) is 17.2 Å². The fraction of sp³-hybridized carbons (Fsp3) is 0.231. The van der Waals surface area contributed by atoms with E-state index in [0.29, 0.717) is 12.1 Å². The number of rotatable bonds is 5. The number of benzene rings is 1. The lowest BCUT2D eigenvalue weighted by molar-refractivity contribution is 0.600. The zero-order chi connectivity index (χ0) is 15.5. The predicted octanol–water partition coefficient (Wildman–Crippen LogP) is 2.07. The maximum Gasteiger partial charge on any atom is 0.263 e. The molecule has 0 aliphatic heterocycles. The van der Waals surface area contributed by atoms with Crippen molar-refractivity contribution >= 4 is 31.8 Å². The van der Waals surface area contributed by atoms with Gasteiger partial charge in [-0.3, -0.25) is 4.72 Å². The third-order valence-corrected chi connectivity index (χ3v) is 5.14. The molecule has 0 saturated carbocycles. The van der Waals surface area contributed by atoms with Gasteiger partial charge >= 0.3 is 0 Å². The lowest BCUT2D eigenvalue weighted by Crippen LogP contribution is -2.16. The van der Waals surface area contributed by atoms with Crippen LogP contribution in [0.15, 0.2) is 39.8 Å². The van der Waals surface area contributed by atoms with Crippen LogP contribution in [0.2, 0.25) is 0 Å². The van der Waals surface area contributed by atoms with Crippen LogP contribution in [0, 0.1) is 6.92 Å². The van der Waals surface area contributed by atoms with Crippen LogP contribution >= 0.6 is 15.9 Å². The Labute approximate surface area is 132 Å². The van der Waals surface area contributed by atoms with Crippen LogP contribution in [0.1, 0.15) is 11.1 Å². The number of sulfonamides is 1. The number of aromatic nitrogens is 2. The van der Waals surface area contributed by atoms with Crippen LogP contribution in [-0.4, -0.2) is 25.7 Å². The second-order valence-electron chi connectivity index (χ2n) is 4.45. The number of nitrogens with zero attached hydrogens (tertiary/aromatic N) is 2. The van der Waals surface area contributed by atoms with Crippen molar-refractivity contribution in [2.24, 2.45) is 0 Å². The lowest BCUT2D eigenvalue weighted by atomic mass is 10.1. The molecule has 0 aliphatic rings. The van der Waals surface area contributed by atoms with Gasteiger partial charge in [-0.15, -0.1) is 5.10 Å². The first-order valence-electron chi connectivity index (χ1n) is 6.18. The summed E-state index contributed by atoms with van der Waals surface area (Å²) < 4.78 is 28.2. The predicted molar refractivity (Wildman–Crippen MR) is 84.5 cm³/mol. The second-order valence-corrected chi connectivity index (χ2v) is 6.95. The van der Waals surface area contributed by atoms with Crippen molar-refractivity contribution < 1.29 is 8.42 Å². The highest BCUT2D eigenvalue weighted by Gasteiger charge is 2.20. The Hall–Kier alpha value is -1.51. The van der Waals surface area contributed by atoms with E-state index < -0.39 is 10.0 Å². The Morgan fingerprint density at radius 1 is 1.33 bits per heavy atom. The zero-order valence-corrected chi connectivity index (χ0v) is 14.0. The maximum atomic E-state index is 12.5. The first kappa shape index (κ1) is 15.9. The van der Waals surface area contributed by atoms with Gasteiger partial charge in [-0.25, -0.2) is 8.42 Å². The fourth-order valence-electron chi connectivity index (χ4n) is 1.84. The minimum Gasteiger partial charge on any atom is -0.316 e. The molecule has 1 aromatic carbocycles. The topological polar surface area (TPSA) is 84.0 Å². The Kier molecular flexibility index (Phi) is 4.92. The molecule has 0 saturated heterocycles. The van der Waals surface area contributed by atoms with Crippen molar-refractivity contribution in [2.75, 3.05) is 11.8 Å². The molecule has 2 rings (SSSR count). The summed E-state index contributed by atoms with van der Waals surface area (Å²) in [5, 5.41) is 10.4. The molecule has 0 radical (unpaired) electrons. The van der Waals surface area contributed by atoms with Crippen LogP contribution < -0.4 is 10.0 Å². The van der Waals surface area contributed by atoms with Gasteiger partial charge in [0.05, 0.1) is 4.90 Å². The number of anilines is 1. The molecule has 2 aromatic rings. The van der Waals surface area contributed by atoms with E-state index >= 15 is 0 Å². The summed E-state index contributed by atoms with van der Waals surface area (Å²) in [6.07, 6.45) is 1.48. The van der Waals surface area contributed by atoms with Gasteiger partial charge in [0.1, 0.15) is 0 Å². The SMILES string of the molecule is CNCc1cc(Br)c(C)c(S(=O)(=O)Nc2cccnn2)c1. The van der Waals surface area contributed by atoms with E-state index in [1.54, 1.807) is 32.2 Å². The number of hydrogen-bond acceptors (Lipinski definition) is 5. The standard InChI is InChI=1S/C13H15BrN4O2S/c1-9-11(14)6-10(8-15-2)7-12(9)21(19,20)18-13-4-3-5-16-17-13/h3-7,15H,8H2,1-2H3,(H,17,18). The van der Waals surface area contributed by atoms with Crippen LogP contribution in [0.3, 0.4) is 0 Å². The van der Waals surface area contributed by atoms with Crippen molar-refractivity contribution in [1.29, 1.82) is 0 Å². The Bertz CT molecular complexity index is 735. The highest BCUT2D eigenvalue weighted by Crippen LogP contribution is 2.27. The summed E-state index contributed by atoms with van der Waals surface area (Å²) in [5.41, 5.74) is 1.51. The highest BCUT2D eigenvalue weighted by atomic mass is 79.9. The molecular weight excluding hydrogens is 356 g/mol. The molecule has 0 spiro atoms. The molecule has 112 valence electrons. The molecule has 21 heavy (non-hydrogen) atoms. The van der Waals surface area contributed by atoms with E-state index in [1.165, 1.54) is 6.20 Å². The van der Waals surface area contributed by atoms with E-state index in [1.807, 2.05) is 6.07 Å². The first-order valence-corrected chi connectivity index (χ1v) is 8.46. The van der Waals surface area contributed by atoms with Gasteiger partial charge in [0.15, 0.2) is 5.82 Å². The quantitative estimate of drug-likeness (QED) is 0.841. The third kappa shape index (κ3) is 3.78. The summed E-state index contributed by atoms with van der Waals surface area (Å²) in [6, 6.07) is 6.71. The van der Waals surface area contributed by atoms with Crippen LogP contribution in [0.4, 0.5) is 5.82 Å². The molecule has 0 fully saturated rings. The monoisotopic (exact) mass is 370 g/mol. The second kappa shape index (κ2) is 6.50. The summed E-state index contributed by atoms with van der Waals surface area (Å²) in [6.45, 7) is 2.32. The Morgan fingerprint density at radius 3 is 2.71 bits per heavy atom. The number of nitrogens with one attached hydrogen (secondary N) is 2. The molecule has 6 nitrogen and oxygen atoms in total. The molecular formula is C13H15BrN4O2S. The van der Waals surface area contributed by atoms with Gasteiger partial charge < -0.3 is 5.32 Å². The number of hydrogen-bond donors (Lipinski definition) is 2. The molecule has 0 atom stereocenters. The van der Waals surface area contributed by atoms with E-state index in [9.17, 15) is 8.42 Å². The van der Waals surface area contributed by atoms with Gasteiger partial charge in [-0.05, 0) is 49.4 Å². The fourth-order valence-corrected chi connectivity index (χ4v) is 3.79. The summed E-state index contributed by atoms with van der Waals surface area (Å²) in [4.78, 5) is 0.216. The largest absolute Gasteiger partial charge is 0.316 e. The van der Waals surface area contributed by atoms with Crippen molar-refractivity contribution in [3.63, 3.8) is 0 Å². The molecule has 0 bridgehead atoms. The normalized spacial score (nSPS) is 11.4. The van der Waals surface area contributed by atoms with Crippen LogP contribution in [0.5, 0.6) is 0 Å². The molecule has 0 amide bonds. The van der Waals surface area contributed by atoms with E-state index in [2.05, 4.69) is 36.2 Å². The minimum absolute atomic E-state index is 0.187. The average molecular weight is 371 g/mol. The van der Waals surface area contributed by atoms with Crippen molar-refractivity contribution in [2.45, 2.75) is 18.4 Å². The Morgan fingerprint density at radius 2 is 2.10 bits per heavy atom. The molecule has 0 unspecified atom stereocenters. The maximum absolute atomic E-state index is 12.5. The van der Waals surface area contributed by atoms with Gasteiger partial charge in [-0.1, -0.05) is 15.9 Å². The highest BCUT2D eigenvalue weighted by molar-refractivity contribution is 9.10. The zero-order valence-electron chi connectivity index (χ0n) is 11.6. The number of halogens is 1. The van der Waals surface area contributed by atoms with Crippen molar-refractivity contribution in [1.82, 2.24) is 15.5 Å². The summed E-state index contributed by atoms with van der Waals surface area (Å²) in [7, 11) is -1.91. The Balaban J connectivity index is 2.44. The molecule has 8 heteroatoms. The summed E-state index contributed by atoms with van der Waals surface area (Å²) >= 11 is 3.40. The first-order chi connectivity index (χ1) is 9.94. The molecule has 1 aromatic heterocycles. The van der Waals surface area contributed by atoms with Gasteiger partial charge in [0.25, 0.3) is 10.0 Å². The van der Waals surface area contributed by atoms with E-state index in [-0.39, 0.29) is 10.7 Å². The average Bonchev–Trinajstić information content (AvgIpc) is 2.43. The van der Waals surface area contributed by atoms with E-state index in [0.717, 1.165) is 10.0 Å². The van der Waals surface area contributed by atoms with Crippen LogP contribution in [0.25, 0.3) is 0 Å². The molecule has 2 N–H and O–H groups in total. The molecule has 0 aliphatic carbocycles. The van der Waals surface area contributed by atoms with Crippen molar-refractivity contribution in [3.8, 4) is 0 Å². The minimum atomic E-state index is -3.72.